The third-order valence-electron chi connectivity index (χ3n) is 6.29. The summed E-state index contributed by atoms with van der Waals surface area (Å²) in [6.45, 7) is 13.1. The summed E-state index contributed by atoms with van der Waals surface area (Å²) in [6.07, 6.45) is 0. The van der Waals surface area contributed by atoms with Gasteiger partial charge in [-0.25, -0.2) is 4.21 Å². The Kier molecular flexibility index (Phi) is 6.78. The predicted octanol–water partition coefficient (Wildman–Crippen LogP) is 9.44. The van der Waals surface area contributed by atoms with E-state index in [1.54, 1.807) is 7.11 Å². The van der Waals surface area contributed by atoms with Crippen molar-refractivity contribution in [3.8, 4) is 16.9 Å². The molecule has 5 heteroatoms. The predicted molar refractivity (Wildman–Crippen MR) is 154 cm³/mol. The average molecular weight is 602 g/mol. The molecule has 1 unspecified atom stereocenters. The molecule has 0 saturated heterocycles. The molecule has 0 heterocycles. The average Bonchev–Trinajstić information content (AvgIpc) is 2.75. The normalized spacial score (nSPS) is 13.4. The van der Waals surface area contributed by atoms with Gasteiger partial charge in [-0.15, -0.1) is 0 Å². The molecule has 0 radical (unpaired) electrons. The molecule has 0 fully saturated rings. The van der Waals surface area contributed by atoms with E-state index in [-0.39, 0.29) is 10.8 Å². The Hall–Kier alpha value is -1.69. The number of benzene rings is 4. The molecule has 0 spiro atoms. The van der Waals surface area contributed by atoms with Crippen molar-refractivity contribution in [1.82, 2.24) is 0 Å². The topological polar surface area (TPSA) is 26.3 Å². The Morgan fingerprint density at radius 3 is 1.94 bits per heavy atom. The Labute approximate surface area is 220 Å². The van der Waals surface area contributed by atoms with Gasteiger partial charge in [-0.3, -0.25) is 0 Å². The van der Waals surface area contributed by atoms with Crippen LogP contribution in [0.25, 0.3) is 32.7 Å². The van der Waals surface area contributed by atoms with Crippen LogP contribution < -0.4 is 4.74 Å². The molecule has 0 amide bonds. The molecular weight excluding hydrogens is 572 g/mol. The first-order valence-electron chi connectivity index (χ1n) is 11.3. The first kappa shape index (κ1) is 25.4. The largest absolute Gasteiger partial charge is 0.496 e. The van der Waals surface area contributed by atoms with Gasteiger partial charge < -0.3 is 4.74 Å². The van der Waals surface area contributed by atoms with Gasteiger partial charge in [0.1, 0.15) is 15.0 Å². The van der Waals surface area contributed by atoms with E-state index in [9.17, 15) is 4.21 Å². The molecule has 4 aromatic carbocycles. The lowest BCUT2D eigenvalue weighted by Gasteiger charge is -2.29. The molecule has 4 aromatic rings. The second-order valence-electron chi connectivity index (χ2n) is 10.8. The number of hydrogen-bond donors (Lipinski definition) is 0. The summed E-state index contributed by atoms with van der Waals surface area (Å²) in [5, 5.41) is 4.37. The van der Waals surface area contributed by atoms with Crippen molar-refractivity contribution in [3.63, 3.8) is 0 Å². The van der Waals surface area contributed by atoms with Gasteiger partial charge in [0.25, 0.3) is 0 Å². The van der Waals surface area contributed by atoms with Crippen LogP contribution in [-0.2, 0) is 20.1 Å². The fraction of sp³-hybridized carbons (Fsp3) is 0.310. The number of methoxy groups -OCH3 is 1. The van der Waals surface area contributed by atoms with E-state index in [0.29, 0.717) is 0 Å². The SMILES string of the molecule is COc1c(C(C)(C)C)cc2cc(Br)ccc2c1-c1c(S(=O)Br)c(C(C)(C)C)cc2ccccc12. The highest BCUT2D eigenvalue weighted by Gasteiger charge is 2.31. The van der Waals surface area contributed by atoms with E-state index in [2.05, 4.69) is 121 Å². The monoisotopic (exact) mass is 600 g/mol. The van der Waals surface area contributed by atoms with Crippen molar-refractivity contribution in [2.75, 3.05) is 7.11 Å². The van der Waals surface area contributed by atoms with Crippen LogP contribution in [-0.4, -0.2) is 11.3 Å². The molecule has 34 heavy (non-hydrogen) atoms. The molecule has 0 bridgehead atoms. The van der Waals surface area contributed by atoms with E-state index in [0.717, 1.165) is 58.9 Å². The number of rotatable bonds is 3. The number of ether oxygens (including phenoxy) is 1. The van der Waals surface area contributed by atoms with Crippen LogP contribution in [0, 0.1) is 0 Å². The zero-order chi connectivity index (χ0) is 25.0. The second-order valence-corrected chi connectivity index (χ2v) is 14.3. The molecule has 4 rings (SSSR count). The Balaban J connectivity index is 2.37. The molecule has 0 aliphatic carbocycles. The van der Waals surface area contributed by atoms with Gasteiger partial charge in [0.15, 0.2) is 0 Å². The van der Waals surface area contributed by atoms with Crippen LogP contribution in [0.3, 0.4) is 0 Å². The molecule has 0 aliphatic rings. The zero-order valence-corrected chi connectivity index (χ0v) is 24.7. The van der Waals surface area contributed by atoms with Gasteiger partial charge in [0, 0.05) is 36.0 Å². The minimum absolute atomic E-state index is 0.151. The summed E-state index contributed by atoms with van der Waals surface area (Å²) in [5.41, 5.74) is 3.78. The second kappa shape index (κ2) is 9.07. The lowest BCUT2D eigenvalue weighted by atomic mass is 9.79. The molecule has 0 aliphatic heterocycles. The summed E-state index contributed by atoms with van der Waals surface area (Å²) < 4.78 is 20.6. The smallest absolute Gasteiger partial charge is 0.131 e. The van der Waals surface area contributed by atoms with Crippen LogP contribution in [0.1, 0.15) is 52.7 Å². The molecular formula is C29H30Br2O2S. The van der Waals surface area contributed by atoms with Crippen LogP contribution in [0.5, 0.6) is 5.75 Å². The lowest BCUT2D eigenvalue weighted by Crippen LogP contribution is -2.16. The third kappa shape index (κ3) is 4.47. The highest BCUT2D eigenvalue weighted by atomic mass is 79.9. The van der Waals surface area contributed by atoms with E-state index in [1.165, 1.54) is 0 Å². The fourth-order valence-corrected chi connectivity index (χ4v) is 6.97. The van der Waals surface area contributed by atoms with E-state index in [1.807, 2.05) is 6.07 Å². The first-order chi connectivity index (χ1) is 15.8. The van der Waals surface area contributed by atoms with Crippen LogP contribution in [0.2, 0.25) is 0 Å². The summed E-state index contributed by atoms with van der Waals surface area (Å²) in [4.78, 5) is 0.805. The van der Waals surface area contributed by atoms with Crippen molar-refractivity contribution in [3.05, 3.63) is 70.2 Å². The van der Waals surface area contributed by atoms with Gasteiger partial charge in [-0.1, -0.05) is 87.8 Å². The fourth-order valence-electron chi connectivity index (χ4n) is 4.68. The van der Waals surface area contributed by atoms with Gasteiger partial charge in [-0.05, 0) is 62.2 Å². The standard InChI is InChI=1S/C29H30Br2O2S/c1-28(2,3)22-16-18-14-19(30)12-13-21(18)24(26(22)33-7)25-20-11-9-8-10-17(20)15-23(29(4,5)6)27(25)34(31)32/h8-16H,1-7H3. The molecule has 2 nitrogen and oxygen atoms in total. The summed E-state index contributed by atoms with van der Waals surface area (Å²) in [6, 6.07) is 19.1. The molecule has 1 atom stereocenters. The Morgan fingerprint density at radius 1 is 0.765 bits per heavy atom. The van der Waals surface area contributed by atoms with Crippen LogP contribution in [0.4, 0.5) is 0 Å². The Morgan fingerprint density at radius 2 is 1.35 bits per heavy atom. The van der Waals surface area contributed by atoms with Gasteiger partial charge in [-0.2, -0.15) is 0 Å². The maximum atomic E-state index is 13.4. The van der Waals surface area contributed by atoms with E-state index in [4.69, 9.17) is 4.74 Å². The van der Waals surface area contributed by atoms with Crippen molar-refractivity contribution in [2.45, 2.75) is 57.3 Å². The third-order valence-corrected chi connectivity index (χ3v) is 8.50. The van der Waals surface area contributed by atoms with Crippen LogP contribution >= 0.6 is 30.7 Å². The minimum Gasteiger partial charge on any atom is -0.496 e. The van der Waals surface area contributed by atoms with E-state index < -0.39 is 9.23 Å². The van der Waals surface area contributed by atoms with Gasteiger partial charge in [0.2, 0.25) is 0 Å². The van der Waals surface area contributed by atoms with Crippen molar-refractivity contribution in [1.29, 1.82) is 0 Å². The number of hydrogen-bond acceptors (Lipinski definition) is 2. The maximum absolute atomic E-state index is 13.4. The van der Waals surface area contributed by atoms with Gasteiger partial charge in [0.05, 0.1) is 12.0 Å². The highest BCUT2D eigenvalue weighted by Crippen LogP contribution is 2.50. The summed E-state index contributed by atoms with van der Waals surface area (Å²) >= 11 is 7.12. The molecule has 178 valence electrons. The number of fused-ring (bicyclic) bond motifs is 2. The lowest BCUT2D eigenvalue weighted by molar-refractivity contribution is 0.400. The molecule has 0 aromatic heterocycles. The molecule has 0 N–H and O–H groups in total. The first-order valence-corrected chi connectivity index (χ1v) is 15.1. The maximum Gasteiger partial charge on any atom is 0.131 e. The molecule has 0 saturated carbocycles. The quantitative estimate of drug-likeness (QED) is 0.219. The summed E-state index contributed by atoms with van der Waals surface area (Å²) in [7, 11) is 0.343. The van der Waals surface area contributed by atoms with Crippen molar-refractivity contribution in [2.24, 2.45) is 0 Å². The van der Waals surface area contributed by atoms with Crippen molar-refractivity contribution < 1.29 is 8.95 Å². The van der Waals surface area contributed by atoms with Gasteiger partial charge >= 0.3 is 0 Å². The number of halogens is 2. The highest BCUT2D eigenvalue weighted by molar-refractivity contribution is 9.46. The zero-order valence-electron chi connectivity index (χ0n) is 20.7. The minimum atomic E-state index is -1.39. The van der Waals surface area contributed by atoms with Crippen molar-refractivity contribution >= 4 is 61.5 Å². The summed E-state index contributed by atoms with van der Waals surface area (Å²) in [5.74, 6) is 0.831. The van der Waals surface area contributed by atoms with Crippen LogP contribution in [0.15, 0.2) is 64.0 Å². The Bertz CT molecular complexity index is 1440. The van der Waals surface area contributed by atoms with E-state index >= 15 is 0 Å².